The molecule has 2 rings (SSSR count). The number of piperazine rings is 1. The fourth-order valence-electron chi connectivity index (χ4n) is 1.97. The lowest BCUT2D eigenvalue weighted by molar-refractivity contribution is 0.410. The maximum absolute atomic E-state index is 12.5. The van der Waals surface area contributed by atoms with E-state index in [1.54, 1.807) is 13.2 Å². The second kappa shape index (κ2) is 5.16. The first kappa shape index (κ1) is 11.2. The van der Waals surface area contributed by atoms with E-state index < -0.39 is 6.67 Å². The molecule has 1 aromatic rings. The fourth-order valence-corrected chi connectivity index (χ4v) is 1.97. The molecule has 0 bridgehead atoms. The van der Waals surface area contributed by atoms with Crippen LogP contribution in [0.2, 0.25) is 0 Å². The Morgan fingerprint density at radius 2 is 2.12 bits per heavy atom. The average Bonchev–Trinajstić information content (AvgIpc) is 2.39. The summed E-state index contributed by atoms with van der Waals surface area (Å²) < 4.78 is 17.8. The van der Waals surface area contributed by atoms with Gasteiger partial charge in [0.05, 0.1) is 12.8 Å². The van der Waals surface area contributed by atoms with Crippen molar-refractivity contribution in [2.75, 3.05) is 38.2 Å². The predicted octanol–water partition coefficient (Wildman–Crippen LogP) is 1.57. The van der Waals surface area contributed by atoms with Crippen LogP contribution in [0.15, 0.2) is 18.2 Å². The van der Waals surface area contributed by atoms with Crippen LogP contribution in [-0.2, 0) is 6.67 Å². The Labute approximate surface area is 95.2 Å². The van der Waals surface area contributed by atoms with E-state index in [1.165, 1.54) is 0 Å². The second-order valence-electron chi connectivity index (χ2n) is 3.88. The summed E-state index contributed by atoms with van der Waals surface area (Å²) in [6.45, 7) is 3.44. The summed E-state index contributed by atoms with van der Waals surface area (Å²) in [5.74, 6) is 0.761. The molecule has 1 saturated heterocycles. The smallest absolute Gasteiger partial charge is 0.142 e. The highest BCUT2D eigenvalue weighted by molar-refractivity contribution is 5.60. The van der Waals surface area contributed by atoms with Crippen LogP contribution in [-0.4, -0.2) is 33.3 Å². The van der Waals surface area contributed by atoms with Crippen LogP contribution in [0.4, 0.5) is 10.1 Å². The highest BCUT2D eigenvalue weighted by Crippen LogP contribution is 2.29. The number of methoxy groups -OCH3 is 1. The predicted molar refractivity (Wildman–Crippen MR) is 62.9 cm³/mol. The van der Waals surface area contributed by atoms with Crippen LogP contribution >= 0.6 is 0 Å². The van der Waals surface area contributed by atoms with E-state index in [2.05, 4.69) is 10.2 Å². The third-order valence-corrected chi connectivity index (χ3v) is 2.86. The van der Waals surface area contributed by atoms with Crippen molar-refractivity contribution in [1.29, 1.82) is 0 Å². The molecular weight excluding hydrogens is 207 g/mol. The Bertz CT molecular complexity index is 351. The first-order valence-corrected chi connectivity index (χ1v) is 5.53. The van der Waals surface area contributed by atoms with E-state index in [4.69, 9.17) is 4.74 Å². The van der Waals surface area contributed by atoms with Gasteiger partial charge in [-0.05, 0) is 17.7 Å². The lowest BCUT2D eigenvalue weighted by atomic mass is 10.1. The first-order valence-electron chi connectivity index (χ1n) is 5.53. The molecule has 1 N–H and O–H groups in total. The number of benzene rings is 1. The number of hydrogen-bond acceptors (Lipinski definition) is 3. The van der Waals surface area contributed by atoms with Crippen molar-refractivity contribution in [3.8, 4) is 5.75 Å². The molecule has 88 valence electrons. The van der Waals surface area contributed by atoms with E-state index in [-0.39, 0.29) is 0 Å². The van der Waals surface area contributed by atoms with Gasteiger partial charge in [0, 0.05) is 26.2 Å². The zero-order valence-corrected chi connectivity index (χ0v) is 9.50. The van der Waals surface area contributed by atoms with Gasteiger partial charge in [-0.15, -0.1) is 0 Å². The maximum Gasteiger partial charge on any atom is 0.142 e. The van der Waals surface area contributed by atoms with Gasteiger partial charge in [0.25, 0.3) is 0 Å². The van der Waals surface area contributed by atoms with Crippen LogP contribution in [0.3, 0.4) is 0 Å². The number of nitrogens with zero attached hydrogens (tertiary/aromatic N) is 1. The highest BCUT2D eigenvalue weighted by Gasteiger charge is 2.14. The number of nitrogens with one attached hydrogen (secondary N) is 1. The van der Waals surface area contributed by atoms with E-state index in [0.29, 0.717) is 5.56 Å². The van der Waals surface area contributed by atoms with Crippen LogP contribution in [0, 0.1) is 0 Å². The van der Waals surface area contributed by atoms with Gasteiger partial charge < -0.3 is 15.0 Å². The lowest BCUT2D eigenvalue weighted by Crippen LogP contribution is -2.43. The standard InChI is InChI=1S/C12H17FN2O/c1-16-12-8-10(9-13)2-3-11(12)15-6-4-14-5-7-15/h2-3,8,14H,4-7,9H2,1H3. The molecule has 1 aliphatic rings. The zero-order chi connectivity index (χ0) is 11.4. The van der Waals surface area contributed by atoms with Crippen molar-refractivity contribution >= 4 is 5.69 Å². The minimum absolute atomic E-state index is 0.446. The molecule has 3 nitrogen and oxygen atoms in total. The molecule has 0 aliphatic carbocycles. The van der Waals surface area contributed by atoms with Gasteiger partial charge in [-0.3, -0.25) is 0 Å². The molecule has 16 heavy (non-hydrogen) atoms. The van der Waals surface area contributed by atoms with Gasteiger partial charge >= 0.3 is 0 Å². The van der Waals surface area contributed by atoms with Gasteiger partial charge in [0.1, 0.15) is 12.4 Å². The van der Waals surface area contributed by atoms with E-state index in [1.807, 2.05) is 12.1 Å². The number of ether oxygens (including phenoxy) is 1. The van der Waals surface area contributed by atoms with Crippen molar-refractivity contribution < 1.29 is 9.13 Å². The SMILES string of the molecule is COc1cc(CF)ccc1N1CCNCC1. The molecular formula is C12H17FN2O. The lowest BCUT2D eigenvalue weighted by Gasteiger charge is -2.30. The molecule has 1 aromatic carbocycles. The third kappa shape index (κ3) is 2.27. The summed E-state index contributed by atoms with van der Waals surface area (Å²) in [5, 5.41) is 3.30. The Balaban J connectivity index is 2.24. The van der Waals surface area contributed by atoms with Crippen molar-refractivity contribution in [3.05, 3.63) is 23.8 Å². The molecule has 4 heteroatoms. The monoisotopic (exact) mass is 224 g/mol. The van der Waals surface area contributed by atoms with E-state index in [9.17, 15) is 4.39 Å². The number of hydrogen-bond donors (Lipinski definition) is 1. The maximum atomic E-state index is 12.5. The second-order valence-corrected chi connectivity index (χ2v) is 3.88. The highest BCUT2D eigenvalue weighted by atomic mass is 19.1. The Hall–Kier alpha value is -1.29. The molecule has 0 atom stereocenters. The van der Waals surface area contributed by atoms with Gasteiger partial charge in [-0.25, -0.2) is 4.39 Å². The normalized spacial score (nSPS) is 16.2. The summed E-state index contributed by atoms with van der Waals surface area (Å²) in [4.78, 5) is 2.26. The quantitative estimate of drug-likeness (QED) is 0.843. The number of halogens is 1. The summed E-state index contributed by atoms with van der Waals surface area (Å²) in [6, 6.07) is 5.54. The molecule has 1 fully saturated rings. The Morgan fingerprint density at radius 3 is 2.75 bits per heavy atom. The van der Waals surface area contributed by atoms with Crippen LogP contribution in [0.25, 0.3) is 0 Å². The van der Waals surface area contributed by atoms with Crippen molar-refractivity contribution in [3.63, 3.8) is 0 Å². The Kier molecular flexibility index (Phi) is 3.62. The molecule has 1 heterocycles. The van der Waals surface area contributed by atoms with Crippen LogP contribution < -0.4 is 15.0 Å². The molecule has 0 spiro atoms. The van der Waals surface area contributed by atoms with Gasteiger partial charge in [-0.2, -0.15) is 0 Å². The summed E-state index contributed by atoms with van der Waals surface area (Å²) in [5.41, 5.74) is 1.72. The third-order valence-electron chi connectivity index (χ3n) is 2.86. The molecule has 0 amide bonds. The summed E-state index contributed by atoms with van der Waals surface area (Å²) >= 11 is 0. The van der Waals surface area contributed by atoms with Crippen LogP contribution in [0.5, 0.6) is 5.75 Å². The zero-order valence-electron chi connectivity index (χ0n) is 9.50. The minimum Gasteiger partial charge on any atom is -0.495 e. The van der Waals surface area contributed by atoms with Crippen molar-refractivity contribution in [2.24, 2.45) is 0 Å². The van der Waals surface area contributed by atoms with E-state index >= 15 is 0 Å². The number of rotatable bonds is 3. The van der Waals surface area contributed by atoms with Gasteiger partial charge in [0.2, 0.25) is 0 Å². The fraction of sp³-hybridized carbons (Fsp3) is 0.500. The molecule has 0 unspecified atom stereocenters. The Morgan fingerprint density at radius 1 is 1.38 bits per heavy atom. The van der Waals surface area contributed by atoms with Crippen molar-refractivity contribution in [1.82, 2.24) is 5.32 Å². The molecule has 0 aromatic heterocycles. The van der Waals surface area contributed by atoms with Gasteiger partial charge in [-0.1, -0.05) is 6.07 Å². The average molecular weight is 224 g/mol. The number of alkyl halides is 1. The molecule has 0 radical (unpaired) electrons. The van der Waals surface area contributed by atoms with Crippen molar-refractivity contribution in [2.45, 2.75) is 6.67 Å². The molecule has 0 saturated carbocycles. The largest absolute Gasteiger partial charge is 0.495 e. The topological polar surface area (TPSA) is 24.5 Å². The summed E-state index contributed by atoms with van der Waals surface area (Å²) in [6.07, 6.45) is 0. The molecule has 1 aliphatic heterocycles. The first-order chi connectivity index (χ1) is 7.85. The number of anilines is 1. The minimum atomic E-state index is -0.446. The summed E-state index contributed by atoms with van der Waals surface area (Å²) in [7, 11) is 1.63. The van der Waals surface area contributed by atoms with Gasteiger partial charge in [0.15, 0.2) is 0 Å². The van der Waals surface area contributed by atoms with E-state index in [0.717, 1.165) is 37.6 Å². The van der Waals surface area contributed by atoms with Crippen LogP contribution in [0.1, 0.15) is 5.56 Å².